The molecular formula is C21H19NO5. The average molecular weight is 365 g/mol. The highest BCUT2D eigenvalue weighted by molar-refractivity contribution is 5.82. The van der Waals surface area contributed by atoms with Crippen molar-refractivity contribution in [2.75, 3.05) is 19.8 Å². The van der Waals surface area contributed by atoms with Crippen molar-refractivity contribution in [1.29, 1.82) is 0 Å². The lowest BCUT2D eigenvalue weighted by molar-refractivity contribution is -0.162. The highest BCUT2D eigenvalue weighted by Gasteiger charge is 2.58. The van der Waals surface area contributed by atoms with E-state index in [1.54, 1.807) is 0 Å². The number of carboxylic acids is 1. The Labute approximate surface area is 156 Å². The van der Waals surface area contributed by atoms with Gasteiger partial charge in [-0.3, -0.25) is 4.90 Å². The van der Waals surface area contributed by atoms with Crippen molar-refractivity contribution in [1.82, 2.24) is 4.90 Å². The summed E-state index contributed by atoms with van der Waals surface area (Å²) in [6.07, 6.45) is -0.139. The molecule has 0 aromatic heterocycles. The highest BCUT2D eigenvalue weighted by Crippen LogP contribution is 2.45. The van der Waals surface area contributed by atoms with Gasteiger partial charge in [-0.15, -0.1) is 0 Å². The normalized spacial score (nSPS) is 25.3. The molecule has 2 heterocycles. The van der Waals surface area contributed by atoms with E-state index in [4.69, 9.17) is 9.47 Å². The number of hydrogen-bond donors (Lipinski definition) is 1. The fraction of sp³-hybridized carbons (Fsp3) is 0.333. The monoisotopic (exact) mass is 365 g/mol. The molecule has 2 aliphatic heterocycles. The summed E-state index contributed by atoms with van der Waals surface area (Å²) in [4.78, 5) is 25.6. The number of amides is 1. The third-order valence-electron chi connectivity index (χ3n) is 5.94. The van der Waals surface area contributed by atoms with Crippen LogP contribution in [0.5, 0.6) is 0 Å². The van der Waals surface area contributed by atoms with Gasteiger partial charge in [0.1, 0.15) is 6.61 Å². The number of fused-ring (bicyclic) bond motifs is 5. The molecule has 138 valence electrons. The maximum atomic E-state index is 12.6. The Bertz CT molecular complexity index is 896. The zero-order chi connectivity index (χ0) is 18.6. The molecule has 2 saturated heterocycles. The third-order valence-corrected chi connectivity index (χ3v) is 5.94. The lowest BCUT2D eigenvalue weighted by Gasteiger charge is -2.30. The first-order valence-electron chi connectivity index (χ1n) is 9.08. The number of aliphatic carboxylic acids is 1. The molecule has 2 aromatic rings. The quantitative estimate of drug-likeness (QED) is 0.905. The lowest BCUT2D eigenvalue weighted by Crippen LogP contribution is -2.49. The molecule has 0 spiro atoms. The molecule has 0 radical (unpaired) electrons. The van der Waals surface area contributed by atoms with Crippen LogP contribution in [0, 0.1) is 0 Å². The van der Waals surface area contributed by atoms with Crippen LogP contribution in [0.15, 0.2) is 48.5 Å². The van der Waals surface area contributed by atoms with Gasteiger partial charge < -0.3 is 14.6 Å². The highest BCUT2D eigenvalue weighted by atomic mass is 16.6. The van der Waals surface area contributed by atoms with Crippen LogP contribution in [0.2, 0.25) is 0 Å². The van der Waals surface area contributed by atoms with E-state index in [0.717, 1.165) is 11.1 Å². The summed E-state index contributed by atoms with van der Waals surface area (Å²) in [6, 6.07) is 16.1. The average Bonchev–Trinajstić information content (AvgIpc) is 3.37. The van der Waals surface area contributed by atoms with Crippen molar-refractivity contribution in [3.63, 3.8) is 0 Å². The maximum absolute atomic E-state index is 12.6. The number of benzene rings is 2. The molecular weight excluding hydrogens is 346 g/mol. The number of carboxylic acid groups (broad SMARTS) is 1. The van der Waals surface area contributed by atoms with Gasteiger partial charge in [-0.2, -0.15) is 0 Å². The Balaban J connectivity index is 1.34. The van der Waals surface area contributed by atoms with Gasteiger partial charge in [0.2, 0.25) is 0 Å². The van der Waals surface area contributed by atoms with E-state index in [-0.39, 0.29) is 31.7 Å². The van der Waals surface area contributed by atoms with E-state index in [9.17, 15) is 14.7 Å². The second-order valence-corrected chi connectivity index (χ2v) is 7.40. The van der Waals surface area contributed by atoms with Crippen LogP contribution in [0.1, 0.15) is 23.5 Å². The van der Waals surface area contributed by atoms with Crippen molar-refractivity contribution >= 4 is 12.1 Å². The number of carbonyl (C=O) groups excluding carboxylic acids is 1. The van der Waals surface area contributed by atoms with Gasteiger partial charge in [-0.05, 0) is 22.3 Å². The fourth-order valence-corrected chi connectivity index (χ4v) is 4.58. The van der Waals surface area contributed by atoms with Crippen molar-refractivity contribution in [2.45, 2.75) is 24.0 Å². The molecule has 5 rings (SSSR count). The van der Waals surface area contributed by atoms with E-state index in [1.165, 1.54) is 16.0 Å². The fourth-order valence-electron chi connectivity index (χ4n) is 4.58. The summed E-state index contributed by atoms with van der Waals surface area (Å²) < 4.78 is 11.0. The van der Waals surface area contributed by atoms with Gasteiger partial charge in [0, 0.05) is 12.3 Å². The van der Waals surface area contributed by atoms with Crippen LogP contribution in [0.25, 0.3) is 11.1 Å². The molecule has 2 aromatic carbocycles. The Morgan fingerprint density at radius 1 is 1.11 bits per heavy atom. The first-order chi connectivity index (χ1) is 13.1. The molecule has 0 saturated carbocycles. The van der Waals surface area contributed by atoms with Crippen LogP contribution in [-0.4, -0.2) is 53.5 Å². The van der Waals surface area contributed by atoms with Crippen LogP contribution < -0.4 is 0 Å². The number of nitrogens with zero attached hydrogens (tertiary/aromatic N) is 1. The Morgan fingerprint density at radius 3 is 2.33 bits per heavy atom. The SMILES string of the molecule is O=C(OCC1c2ccccc2-c2ccccc21)N1CC2(C(=O)O)CC1CO2. The Kier molecular flexibility index (Phi) is 3.52. The zero-order valence-corrected chi connectivity index (χ0v) is 14.6. The smallest absolute Gasteiger partial charge is 0.410 e. The van der Waals surface area contributed by atoms with Crippen molar-refractivity contribution in [3.8, 4) is 11.1 Å². The topological polar surface area (TPSA) is 76.1 Å². The third kappa shape index (κ3) is 2.36. The van der Waals surface area contributed by atoms with E-state index >= 15 is 0 Å². The second-order valence-electron chi connectivity index (χ2n) is 7.40. The van der Waals surface area contributed by atoms with Gasteiger partial charge in [0.15, 0.2) is 5.60 Å². The first-order valence-corrected chi connectivity index (χ1v) is 9.08. The van der Waals surface area contributed by atoms with E-state index < -0.39 is 17.7 Å². The first kappa shape index (κ1) is 16.3. The number of ether oxygens (including phenoxy) is 2. The maximum Gasteiger partial charge on any atom is 0.410 e. The molecule has 1 N–H and O–H groups in total. The number of hydrogen-bond acceptors (Lipinski definition) is 4. The standard InChI is InChI=1S/C21H19NO5/c23-19(24)21-9-13(10-27-21)22(12-21)20(25)26-11-18-16-7-3-1-5-14(16)15-6-2-4-8-17(15)18/h1-8,13,18H,9-12H2,(H,23,24). The van der Waals surface area contributed by atoms with Crippen molar-refractivity contribution in [3.05, 3.63) is 59.7 Å². The van der Waals surface area contributed by atoms with Crippen LogP contribution in [-0.2, 0) is 14.3 Å². The summed E-state index contributed by atoms with van der Waals surface area (Å²) >= 11 is 0. The van der Waals surface area contributed by atoms with Crippen molar-refractivity contribution in [2.24, 2.45) is 0 Å². The summed E-state index contributed by atoms with van der Waals surface area (Å²) in [5.41, 5.74) is 3.38. The molecule has 6 nitrogen and oxygen atoms in total. The summed E-state index contributed by atoms with van der Waals surface area (Å²) in [7, 11) is 0. The van der Waals surface area contributed by atoms with Gasteiger partial charge in [0.05, 0.1) is 19.2 Å². The van der Waals surface area contributed by atoms with Gasteiger partial charge in [-0.25, -0.2) is 9.59 Å². The summed E-state index contributed by atoms with van der Waals surface area (Å²) in [5.74, 6) is -1.02. The van der Waals surface area contributed by atoms with Crippen LogP contribution in [0.4, 0.5) is 4.79 Å². The van der Waals surface area contributed by atoms with Crippen LogP contribution in [0.3, 0.4) is 0 Å². The summed E-state index contributed by atoms with van der Waals surface area (Å²) in [5, 5.41) is 9.41. The molecule has 27 heavy (non-hydrogen) atoms. The number of morpholine rings is 1. The Morgan fingerprint density at radius 2 is 1.74 bits per heavy atom. The summed E-state index contributed by atoms with van der Waals surface area (Å²) in [6.45, 7) is 0.525. The van der Waals surface area contributed by atoms with Gasteiger partial charge >= 0.3 is 12.1 Å². The molecule has 3 aliphatic rings. The largest absolute Gasteiger partial charge is 0.479 e. The molecule has 2 atom stereocenters. The van der Waals surface area contributed by atoms with E-state index in [1.807, 2.05) is 24.3 Å². The second kappa shape index (κ2) is 5.82. The van der Waals surface area contributed by atoms with Gasteiger partial charge in [0.25, 0.3) is 0 Å². The van der Waals surface area contributed by atoms with E-state index in [2.05, 4.69) is 24.3 Å². The van der Waals surface area contributed by atoms with Crippen LogP contribution >= 0.6 is 0 Å². The number of carbonyl (C=O) groups is 2. The molecule has 1 aliphatic carbocycles. The molecule has 2 bridgehead atoms. The predicted octanol–water partition coefficient (Wildman–Crippen LogP) is 2.86. The van der Waals surface area contributed by atoms with Crippen molar-refractivity contribution < 1.29 is 24.2 Å². The lowest BCUT2D eigenvalue weighted by atomic mass is 9.98. The minimum Gasteiger partial charge on any atom is -0.479 e. The number of likely N-dealkylation sites (tertiary alicyclic amines) is 1. The minimum atomic E-state index is -1.27. The Hall–Kier alpha value is -2.86. The zero-order valence-electron chi connectivity index (χ0n) is 14.6. The molecule has 1 amide bonds. The molecule has 6 heteroatoms. The van der Waals surface area contributed by atoms with E-state index in [0.29, 0.717) is 6.42 Å². The molecule has 2 unspecified atom stereocenters. The predicted molar refractivity (Wildman–Crippen MR) is 96.5 cm³/mol. The molecule has 2 fully saturated rings. The minimum absolute atomic E-state index is 0.00850. The van der Waals surface area contributed by atoms with Gasteiger partial charge in [-0.1, -0.05) is 48.5 Å². The number of rotatable bonds is 3.